The number of carbonyl (C=O) groups excluding carboxylic acids is 1. The summed E-state index contributed by atoms with van der Waals surface area (Å²) in [5.41, 5.74) is 0. The summed E-state index contributed by atoms with van der Waals surface area (Å²) in [5.74, 6) is -4.62. The van der Waals surface area contributed by atoms with Gasteiger partial charge in [-0.1, -0.05) is 12.2 Å². The number of amides is 1. The first-order valence-corrected chi connectivity index (χ1v) is 7.04. The van der Waals surface area contributed by atoms with Crippen LogP contribution >= 0.6 is 0 Å². The van der Waals surface area contributed by atoms with E-state index in [4.69, 9.17) is 5.11 Å². The van der Waals surface area contributed by atoms with E-state index in [-0.39, 0.29) is 32.4 Å². The van der Waals surface area contributed by atoms with Crippen molar-refractivity contribution >= 4 is 11.9 Å². The van der Waals surface area contributed by atoms with Crippen LogP contribution in [-0.2, 0) is 9.59 Å². The number of allylic oxidation sites excluding steroid dienone is 2. The fourth-order valence-electron chi connectivity index (χ4n) is 3.04. The number of carboxylic acids is 1. The van der Waals surface area contributed by atoms with Gasteiger partial charge in [0.2, 0.25) is 5.91 Å². The van der Waals surface area contributed by atoms with Crippen molar-refractivity contribution < 1.29 is 27.9 Å². The third-order valence-electron chi connectivity index (χ3n) is 4.26. The summed E-state index contributed by atoms with van der Waals surface area (Å²) in [4.78, 5) is 24.8. The number of rotatable bonds is 2. The van der Waals surface area contributed by atoms with Gasteiger partial charge in [-0.15, -0.1) is 0 Å². The maximum Gasteiger partial charge on any atom is 0.393 e. The van der Waals surface area contributed by atoms with E-state index in [9.17, 15) is 22.8 Å². The lowest BCUT2D eigenvalue weighted by Gasteiger charge is -2.37. The third-order valence-corrected chi connectivity index (χ3v) is 4.26. The number of piperidine rings is 1. The number of carbonyl (C=O) groups is 2. The lowest BCUT2D eigenvalue weighted by atomic mass is 9.81. The fourth-order valence-corrected chi connectivity index (χ4v) is 3.04. The van der Waals surface area contributed by atoms with Crippen molar-refractivity contribution in [3.05, 3.63) is 12.2 Å². The minimum absolute atomic E-state index is 0.0280. The molecule has 1 N–H and O–H groups in total. The van der Waals surface area contributed by atoms with E-state index in [1.165, 1.54) is 4.90 Å². The highest BCUT2D eigenvalue weighted by molar-refractivity contribution is 5.85. The Morgan fingerprint density at radius 2 is 1.76 bits per heavy atom. The molecule has 1 fully saturated rings. The quantitative estimate of drug-likeness (QED) is 0.797. The average Bonchev–Trinajstić information content (AvgIpc) is 2.45. The van der Waals surface area contributed by atoms with E-state index >= 15 is 0 Å². The summed E-state index contributed by atoms with van der Waals surface area (Å²) in [6.07, 6.45) is -0.0101. The van der Waals surface area contributed by atoms with Crippen LogP contribution in [0.1, 0.15) is 25.7 Å². The lowest BCUT2D eigenvalue weighted by molar-refractivity contribution is -0.189. The van der Waals surface area contributed by atoms with Crippen LogP contribution < -0.4 is 0 Å². The normalized spacial score (nSPS) is 30.2. The summed E-state index contributed by atoms with van der Waals surface area (Å²) < 4.78 is 38.3. The number of alkyl halides is 3. The molecule has 1 heterocycles. The van der Waals surface area contributed by atoms with Gasteiger partial charge in [0.1, 0.15) is 0 Å². The molecular weight excluding hydrogens is 287 g/mol. The molecule has 0 aromatic heterocycles. The molecule has 1 amide bonds. The van der Waals surface area contributed by atoms with Gasteiger partial charge in [0.25, 0.3) is 0 Å². The Morgan fingerprint density at radius 1 is 1.14 bits per heavy atom. The van der Waals surface area contributed by atoms with E-state index in [2.05, 4.69) is 0 Å². The Bertz CT molecular complexity index is 447. The van der Waals surface area contributed by atoms with Crippen LogP contribution in [0.15, 0.2) is 12.2 Å². The van der Waals surface area contributed by atoms with Crippen LogP contribution in [0.4, 0.5) is 13.2 Å². The van der Waals surface area contributed by atoms with Gasteiger partial charge in [-0.3, -0.25) is 9.59 Å². The Balaban J connectivity index is 2.08. The van der Waals surface area contributed by atoms with Gasteiger partial charge in [-0.25, -0.2) is 0 Å². The summed E-state index contributed by atoms with van der Waals surface area (Å²) in [7, 11) is 0. The predicted molar refractivity (Wildman–Crippen MR) is 68.3 cm³/mol. The van der Waals surface area contributed by atoms with Crippen molar-refractivity contribution in [1.82, 2.24) is 4.90 Å². The molecule has 1 aliphatic carbocycles. The zero-order valence-electron chi connectivity index (χ0n) is 11.5. The fraction of sp³-hybridized carbons (Fsp3) is 0.714. The Kier molecular flexibility index (Phi) is 4.58. The minimum Gasteiger partial charge on any atom is -0.481 e. The second kappa shape index (κ2) is 6.07. The number of halogens is 3. The van der Waals surface area contributed by atoms with Crippen LogP contribution in [0.3, 0.4) is 0 Å². The third kappa shape index (κ3) is 3.57. The highest BCUT2D eigenvalue weighted by atomic mass is 19.4. The highest BCUT2D eigenvalue weighted by Crippen LogP contribution is 2.35. The molecule has 7 heteroatoms. The summed E-state index contributed by atoms with van der Waals surface area (Å²) in [6, 6.07) is 0. The molecule has 0 aromatic rings. The van der Waals surface area contributed by atoms with Gasteiger partial charge >= 0.3 is 12.1 Å². The lowest BCUT2D eigenvalue weighted by Crippen LogP contribution is -2.48. The van der Waals surface area contributed by atoms with E-state index in [0.29, 0.717) is 6.42 Å². The summed E-state index contributed by atoms with van der Waals surface area (Å²) in [5, 5.41) is 9.15. The molecule has 3 atom stereocenters. The van der Waals surface area contributed by atoms with Gasteiger partial charge in [0, 0.05) is 13.1 Å². The molecule has 1 aliphatic heterocycles. The van der Waals surface area contributed by atoms with Crippen molar-refractivity contribution in [1.29, 1.82) is 0 Å². The number of hydrogen-bond donors (Lipinski definition) is 1. The largest absolute Gasteiger partial charge is 0.481 e. The highest BCUT2D eigenvalue weighted by Gasteiger charge is 2.44. The van der Waals surface area contributed by atoms with Crippen LogP contribution in [0.25, 0.3) is 0 Å². The number of aliphatic carboxylic acids is 1. The Morgan fingerprint density at radius 3 is 2.33 bits per heavy atom. The molecule has 1 unspecified atom stereocenters. The maximum atomic E-state index is 12.8. The number of carboxylic acid groups (broad SMARTS) is 1. The van der Waals surface area contributed by atoms with Crippen molar-refractivity contribution in [3.63, 3.8) is 0 Å². The standard InChI is InChI=1S/C14H18F3NO3/c15-14(16,17)9-4-3-7-18(8-9)12(19)10-5-1-2-6-11(10)13(20)21/h1-2,9-11H,3-8H2,(H,20,21)/t9?,10-,11+/m1/s1. The zero-order chi connectivity index (χ0) is 15.6. The smallest absolute Gasteiger partial charge is 0.393 e. The molecule has 2 aliphatic rings. The summed E-state index contributed by atoms with van der Waals surface area (Å²) >= 11 is 0. The summed E-state index contributed by atoms with van der Waals surface area (Å²) in [6.45, 7) is -0.0765. The van der Waals surface area contributed by atoms with Gasteiger partial charge in [-0.2, -0.15) is 13.2 Å². The molecule has 0 aromatic carbocycles. The Hall–Kier alpha value is -1.53. The van der Waals surface area contributed by atoms with Crippen LogP contribution in [0.5, 0.6) is 0 Å². The van der Waals surface area contributed by atoms with Crippen molar-refractivity contribution in [2.75, 3.05) is 13.1 Å². The molecule has 21 heavy (non-hydrogen) atoms. The van der Waals surface area contributed by atoms with Crippen LogP contribution in [0, 0.1) is 17.8 Å². The first kappa shape index (κ1) is 15.9. The van der Waals surface area contributed by atoms with Crippen LogP contribution in [0.2, 0.25) is 0 Å². The number of nitrogens with zero attached hydrogens (tertiary/aromatic N) is 1. The first-order valence-electron chi connectivity index (χ1n) is 7.04. The van der Waals surface area contributed by atoms with Gasteiger partial charge in [-0.05, 0) is 25.7 Å². The number of likely N-dealkylation sites (tertiary alicyclic amines) is 1. The van der Waals surface area contributed by atoms with E-state index < -0.39 is 35.8 Å². The molecule has 0 radical (unpaired) electrons. The van der Waals surface area contributed by atoms with Crippen molar-refractivity contribution in [3.8, 4) is 0 Å². The molecule has 0 bridgehead atoms. The molecule has 1 saturated heterocycles. The van der Waals surface area contributed by atoms with E-state index in [1.807, 2.05) is 0 Å². The second-order valence-corrected chi connectivity index (χ2v) is 5.66. The molecule has 2 rings (SSSR count). The Labute approximate surface area is 120 Å². The van der Waals surface area contributed by atoms with Crippen molar-refractivity contribution in [2.45, 2.75) is 31.9 Å². The molecule has 4 nitrogen and oxygen atoms in total. The monoisotopic (exact) mass is 305 g/mol. The topological polar surface area (TPSA) is 57.6 Å². The molecule has 0 spiro atoms. The van der Waals surface area contributed by atoms with Gasteiger partial charge < -0.3 is 10.0 Å². The van der Waals surface area contributed by atoms with Gasteiger partial charge in [0.05, 0.1) is 17.8 Å². The SMILES string of the molecule is O=C(O)[C@H]1CC=CC[C@H]1C(=O)N1CCCC(C(F)(F)F)C1. The first-order chi connectivity index (χ1) is 9.80. The zero-order valence-corrected chi connectivity index (χ0v) is 11.5. The maximum absolute atomic E-state index is 12.8. The van der Waals surface area contributed by atoms with Crippen LogP contribution in [-0.4, -0.2) is 41.1 Å². The van der Waals surface area contributed by atoms with E-state index in [0.717, 1.165) is 0 Å². The number of hydrogen-bond acceptors (Lipinski definition) is 2. The molecule has 118 valence electrons. The van der Waals surface area contributed by atoms with Gasteiger partial charge in [0.15, 0.2) is 0 Å². The van der Waals surface area contributed by atoms with E-state index in [1.54, 1.807) is 12.2 Å². The van der Waals surface area contributed by atoms with Crippen molar-refractivity contribution in [2.24, 2.45) is 17.8 Å². The second-order valence-electron chi connectivity index (χ2n) is 5.66. The predicted octanol–water partition coefficient (Wildman–Crippen LogP) is 2.45. The molecule has 0 saturated carbocycles. The minimum atomic E-state index is -4.31. The molecular formula is C14H18F3NO3. The average molecular weight is 305 g/mol.